The summed E-state index contributed by atoms with van der Waals surface area (Å²) in [7, 11) is 0. The monoisotopic (exact) mass is 327 g/mol. The van der Waals surface area contributed by atoms with Crippen molar-refractivity contribution in [2.75, 3.05) is 19.7 Å². The molecule has 0 aromatic carbocycles. The van der Waals surface area contributed by atoms with E-state index < -0.39 is 0 Å². The van der Waals surface area contributed by atoms with Crippen molar-refractivity contribution >= 4 is 16.8 Å². The van der Waals surface area contributed by atoms with Crippen LogP contribution in [0.5, 0.6) is 0 Å². The number of amides is 1. The minimum absolute atomic E-state index is 0.127. The van der Waals surface area contributed by atoms with Gasteiger partial charge in [-0.05, 0) is 37.8 Å². The van der Waals surface area contributed by atoms with Gasteiger partial charge in [-0.15, -0.1) is 0 Å². The van der Waals surface area contributed by atoms with Crippen molar-refractivity contribution in [3.05, 3.63) is 40.4 Å². The molecule has 1 amide bonds. The van der Waals surface area contributed by atoms with Gasteiger partial charge in [0.1, 0.15) is 11.6 Å². The minimum atomic E-state index is -0.242. The van der Waals surface area contributed by atoms with Gasteiger partial charge in [-0.1, -0.05) is 6.07 Å². The summed E-state index contributed by atoms with van der Waals surface area (Å²) in [6.45, 7) is 2.13. The van der Waals surface area contributed by atoms with Crippen LogP contribution in [0.4, 0.5) is 0 Å². The molecule has 2 aromatic rings. The van der Waals surface area contributed by atoms with Gasteiger partial charge >= 0.3 is 0 Å². The van der Waals surface area contributed by atoms with Crippen molar-refractivity contribution in [1.29, 1.82) is 0 Å². The molecule has 2 aliphatic heterocycles. The number of carbonyl (C=O) groups is 1. The van der Waals surface area contributed by atoms with Gasteiger partial charge in [0.15, 0.2) is 0 Å². The molecule has 1 N–H and O–H groups in total. The molecular formula is C18H21N3O3. The topological polar surface area (TPSA) is 75.3 Å². The maximum Gasteiger partial charge on any atom is 0.274 e. The predicted octanol–water partition coefficient (Wildman–Crippen LogP) is 1.81. The van der Waals surface area contributed by atoms with E-state index in [-0.39, 0.29) is 23.5 Å². The van der Waals surface area contributed by atoms with Gasteiger partial charge in [-0.3, -0.25) is 14.6 Å². The fourth-order valence-corrected chi connectivity index (χ4v) is 3.72. The fourth-order valence-electron chi connectivity index (χ4n) is 3.72. The third-order valence-electron chi connectivity index (χ3n) is 5.07. The Morgan fingerprint density at radius 3 is 2.88 bits per heavy atom. The summed E-state index contributed by atoms with van der Waals surface area (Å²) >= 11 is 0. The van der Waals surface area contributed by atoms with Crippen LogP contribution in [0.2, 0.25) is 0 Å². The molecule has 0 saturated carbocycles. The van der Waals surface area contributed by atoms with Crippen molar-refractivity contribution in [3.8, 4) is 0 Å². The maximum atomic E-state index is 12.4. The molecule has 2 fully saturated rings. The number of hydrogen-bond acceptors (Lipinski definition) is 4. The van der Waals surface area contributed by atoms with Crippen LogP contribution in [-0.2, 0) is 9.53 Å². The third kappa shape index (κ3) is 2.82. The number of rotatable bonds is 2. The highest BCUT2D eigenvalue weighted by Crippen LogP contribution is 2.28. The standard InChI is InChI=1S/C18H21N3O3/c22-17-16-13(3-1-7-19-16)11-14(20-17)12-5-8-21(9-6-12)18(23)15-4-2-10-24-15/h1,3,7,11-12,15H,2,4-6,8-10H2,(H,20,22)/t15-/m1/s1. The lowest BCUT2D eigenvalue weighted by Crippen LogP contribution is -2.43. The lowest BCUT2D eigenvalue weighted by atomic mass is 9.92. The average Bonchev–Trinajstić information content (AvgIpc) is 3.16. The Balaban J connectivity index is 1.48. The summed E-state index contributed by atoms with van der Waals surface area (Å²) in [5, 5.41) is 0.870. The number of likely N-dealkylation sites (tertiary alicyclic amines) is 1. The van der Waals surface area contributed by atoms with Crippen LogP contribution in [0.1, 0.15) is 37.3 Å². The van der Waals surface area contributed by atoms with E-state index in [9.17, 15) is 9.59 Å². The van der Waals surface area contributed by atoms with E-state index in [0.29, 0.717) is 12.1 Å². The SMILES string of the molecule is O=C([C@H]1CCCO1)N1CCC(c2cc3cccnc3c(=O)[nH]2)CC1. The lowest BCUT2D eigenvalue weighted by Gasteiger charge is -2.33. The second-order valence-electron chi connectivity index (χ2n) is 6.60. The molecule has 0 bridgehead atoms. The van der Waals surface area contributed by atoms with E-state index in [1.165, 1.54) is 0 Å². The number of nitrogens with zero attached hydrogens (tertiary/aromatic N) is 2. The Kier molecular flexibility index (Phi) is 4.06. The zero-order valence-corrected chi connectivity index (χ0v) is 13.5. The molecule has 1 atom stereocenters. The zero-order chi connectivity index (χ0) is 16.5. The molecule has 2 saturated heterocycles. The van der Waals surface area contributed by atoms with Gasteiger partial charge in [0.2, 0.25) is 0 Å². The number of hydrogen-bond donors (Lipinski definition) is 1. The van der Waals surface area contributed by atoms with Crippen molar-refractivity contribution in [3.63, 3.8) is 0 Å². The number of pyridine rings is 2. The second kappa shape index (κ2) is 6.36. The number of piperidine rings is 1. The maximum absolute atomic E-state index is 12.4. The predicted molar refractivity (Wildman–Crippen MR) is 89.9 cm³/mol. The van der Waals surface area contributed by atoms with Gasteiger partial charge in [0.05, 0.1) is 0 Å². The van der Waals surface area contributed by atoms with E-state index in [1.54, 1.807) is 6.20 Å². The first kappa shape index (κ1) is 15.3. The van der Waals surface area contributed by atoms with Crippen molar-refractivity contribution in [1.82, 2.24) is 14.9 Å². The highest BCUT2D eigenvalue weighted by Gasteiger charge is 2.31. The summed E-state index contributed by atoms with van der Waals surface area (Å²) in [5.74, 6) is 0.401. The molecule has 4 rings (SSSR count). The Morgan fingerprint density at radius 1 is 1.29 bits per heavy atom. The summed E-state index contributed by atoms with van der Waals surface area (Å²) in [5.41, 5.74) is 1.29. The molecule has 126 valence electrons. The average molecular weight is 327 g/mol. The van der Waals surface area contributed by atoms with E-state index >= 15 is 0 Å². The summed E-state index contributed by atoms with van der Waals surface area (Å²) in [6.07, 6.45) is 4.92. The number of nitrogens with one attached hydrogen (secondary N) is 1. The van der Waals surface area contributed by atoms with Crippen LogP contribution in [0.3, 0.4) is 0 Å². The first-order valence-corrected chi connectivity index (χ1v) is 8.61. The Morgan fingerprint density at radius 2 is 2.12 bits per heavy atom. The van der Waals surface area contributed by atoms with Crippen LogP contribution in [-0.4, -0.2) is 46.6 Å². The van der Waals surface area contributed by atoms with Crippen molar-refractivity contribution in [2.45, 2.75) is 37.7 Å². The van der Waals surface area contributed by atoms with Gasteiger partial charge < -0.3 is 14.6 Å². The normalized spacial score (nSPS) is 22.2. The van der Waals surface area contributed by atoms with Crippen molar-refractivity contribution < 1.29 is 9.53 Å². The van der Waals surface area contributed by atoms with E-state index in [4.69, 9.17) is 4.74 Å². The van der Waals surface area contributed by atoms with Crippen LogP contribution in [0, 0.1) is 0 Å². The third-order valence-corrected chi connectivity index (χ3v) is 5.07. The number of H-pyrrole nitrogens is 1. The molecule has 6 nitrogen and oxygen atoms in total. The number of fused-ring (bicyclic) bond motifs is 1. The van der Waals surface area contributed by atoms with Crippen LogP contribution >= 0.6 is 0 Å². The second-order valence-corrected chi connectivity index (χ2v) is 6.60. The Bertz CT molecular complexity index is 803. The van der Waals surface area contributed by atoms with Crippen LogP contribution in [0.15, 0.2) is 29.2 Å². The lowest BCUT2D eigenvalue weighted by molar-refractivity contribution is -0.142. The van der Waals surface area contributed by atoms with Gasteiger partial charge in [-0.25, -0.2) is 0 Å². The molecular weight excluding hydrogens is 306 g/mol. The highest BCUT2D eigenvalue weighted by atomic mass is 16.5. The number of aromatic nitrogens is 2. The summed E-state index contributed by atoms with van der Waals surface area (Å²) in [4.78, 5) is 33.6. The van der Waals surface area contributed by atoms with E-state index in [0.717, 1.165) is 49.9 Å². The number of aromatic amines is 1. The largest absolute Gasteiger partial charge is 0.368 e. The van der Waals surface area contributed by atoms with Gasteiger partial charge in [0, 0.05) is 42.9 Å². The molecule has 0 spiro atoms. The molecule has 2 aliphatic rings. The fraction of sp³-hybridized carbons (Fsp3) is 0.500. The van der Waals surface area contributed by atoms with Crippen molar-refractivity contribution in [2.24, 2.45) is 0 Å². The summed E-state index contributed by atoms with van der Waals surface area (Å²) in [6, 6.07) is 5.78. The van der Waals surface area contributed by atoms with Crippen LogP contribution in [0.25, 0.3) is 10.9 Å². The van der Waals surface area contributed by atoms with E-state index in [2.05, 4.69) is 9.97 Å². The van der Waals surface area contributed by atoms with Crippen LogP contribution < -0.4 is 5.56 Å². The quantitative estimate of drug-likeness (QED) is 0.913. The number of carbonyl (C=O) groups excluding carboxylic acids is 1. The molecule has 4 heterocycles. The first-order valence-electron chi connectivity index (χ1n) is 8.61. The van der Waals surface area contributed by atoms with Gasteiger partial charge in [-0.2, -0.15) is 0 Å². The molecule has 0 radical (unpaired) electrons. The molecule has 2 aromatic heterocycles. The molecule has 0 aliphatic carbocycles. The highest BCUT2D eigenvalue weighted by molar-refractivity contribution is 5.81. The summed E-state index contributed by atoms with van der Waals surface area (Å²) < 4.78 is 5.50. The molecule has 24 heavy (non-hydrogen) atoms. The Hall–Kier alpha value is -2.21. The minimum Gasteiger partial charge on any atom is -0.368 e. The molecule has 6 heteroatoms. The Labute approximate surface area is 139 Å². The number of ether oxygens (including phenoxy) is 1. The smallest absolute Gasteiger partial charge is 0.274 e. The van der Waals surface area contributed by atoms with E-state index in [1.807, 2.05) is 23.1 Å². The molecule has 0 unspecified atom stereocenters. The zero-order valence-electron chi connectivity index (χ0n) is 13.5. The first-order chi connectivity index (χ1) is 11.7. The van der Waals surface area contributed by atoms with Gasteiger partial charge in [0.25, 0.3) is 11.5 Å².